The molecule has 0 amide bonds. The van der Waals surface area contributed by atoms with Gasteiger partial charge >= 0.3 is 5.97 Å². The molecule has 2 heterocycles. The van der Waals surface area contributed by atoms with E-state index in [1.54, 1.807) is 18.5 Å². The van der Waals surface area contributed by atoms with E-state index in [1.807, 2.05) is 13.0 Å². The number of rotatable bonds is 3. The van der Waals surface area contributed by atoms with Gasteiger partial charge in [0, 0.05) is 6.20 Å². The van der Waals surface area contributed by atoms with Crippen molar-refractivity contribution in [3.63, 3.8) is 0 Å². The molecule has 0 unspecified atom stereocenters. The van der Waals surface area contributed by atoms with Crippen LogP contribution in [0.4, 0.5) is 11.5 Å². The number of nitrogens with zero attached hydrogens (tertiary/aromatic N) is 2. The van der Waals surface area contributed by atoms with Crippen molar-refractivity contribution in [2.75, 3.05) is 5.32 Å². The quantitative estimate of drug-likeness (QED) is 0.891. The molecule has 0 saturated heterocycles. The molecule has 0 aliphatic heterocycles. The molecule has 0 saturated carbocycles. The van der Waals surface area contributed by atoms with Crippen LogP contribution >= 0.6 is 11.6 Å². The number of anilines is 2. The molecule has 0 atom stereocenters. The van der Waals surface area contributed by atoms with Crippen LogP contribution in [0.2, 0.25) is 5.02 Å². The molecule has 0 bridgehead atoms. The molecule has 18 heavy (non-hydrogen) atoms. The highest BCUT2D eigenvalue weighted by atomic mass is 35.5. The highest BCUT2D eigenvalue weighted by Gasteiger charge is 2.11. The molecule has 0 spiro atoms. The Morgan fingerprint density at radius 1 is 1.39 bits per heavy atom. The second-order valence-corrected chi connectivity index (χ2v) is 4.05. The van der Waals surface area contributed by atoms with E-state index in [2.05, 4.69) is 15.3 Å². The number of carboxylic acids is 1. The van der Waals surface area contributed by atoms with Crippen LogP contribution in [0.1, 0.15) is 16.1 Å². The predicted octanol–water partition coefficient (Wildman–Crippen LogP) is 2.88. The van der Waals surface area contributed by atoms with Gasteiger partial charge < -0.3 is 10.4 Å². The highest BCUT2D eigenvalue weighted by Crippen LogP contribution is 2.21. The first-order valence-corrected chi connectivity index (χ1v) is 5.53. The van der Waals surface area contributed by atoms with Crippen molar-refractivity contribution in [3.8, 4) is 0 Å². The molecular weight excluding hydrogens is 254 g/mol. The van der Waals surface area contributed by atoms with Crippen molar-refractivity contribution < 1.29 is 9.90 Å². The minimum atomic E-state index is -1.16. The van der Waals surface area contributed by atoms with Gasteiger partial charge in [-0.1, -0.05) is 11.6 Å². The number of halogens is 1. The summed E-state index contributed by atoms with van der Waals surface area (Å²) < 4.78 is 0. The molecular formula is C12H10ClN3O2. The number of hydrogen-bond acceptors (Lipinski definition) is 4. The SMILES string of the molecule is Cc1ccncc1Nc1ccc(Cl)c(C(=O)O)n1. The third-order valence-corrected chi connectivity index (χ3v) is 2.66. The summed E-state index contributed by atoms with van der Waals surface area (Å²) in [4.78, 5) is 18.8. The number of carbonyl (C=O) groups is 1. The Bertz CT molecular complexity index is 602. The lowest BCUT2D eigenvalue weighted by Crippen LogP contribution is -2.04. The summed E-state index contributed by atoms with van der Waals surface area (Å²) in [6.07, 6.45) is 3.32. The summed E-state index contributed by atoms with van der Waals surface area (Å²) in [6, 6.07) is 4.95. The second-order valence-electron chi connectivity index (χ2n) is 3.65. The van der Waals surface area contributed by atoms with Gasteiger partial charge in [-0.15, -0.1) is 0 Å². The van der Waals surface area contributed by atoms with Gasteiger partial charge in [-0.2, -0.15) is 0 Å². The van der Waals surface area contributed by atoms with Crippen LogP contribution in [0, 0.1) is 6.92 Å². The van der Waals surface area contributed by atoms with E-state index in [9.17, 15) is 4.79 Å². The summed E-state index contributed by atoms with van der Waals surface area (Å²) in [5.41, 5.74) is 1.57. The van der Waals surface area contributed by atoms with Crippen molar-refractivity contribution in [1.82, 2.24) is 9.97 Å². The predicted molar refractivity (Wildman–Crippen MR) is 68.5 cm³/mol. The lowest BCUT2D eigenvalue weighted by Gasteiger charge is -2.08. The van der Waals surface area contributed by atoms with Crippen molar-refractivity contribution in [3.05, 3.63) is 46.9 Å². The normalized spacial score (nSPS) is 10.1. The topological polar surface area (TPSA) is 75.1 Å². The van der Waals surface area contributed by atoms with Crippen molar-refractivity contribution in [2.45, 2.75) is 6.92 Å². The molecule has 0 aliphatic carbocycles. The Morgan fingerprint density at radius 3 is 2.83 bits per heavy atom. The fourth-order valence-electron chi connectivity index (χ4n) is 1.39. The van der Waals surface area contributed by atoms with Gasteiger partial charge in [0.05, 0.1) is 16.9 Å². The van der Waals surface area contributed by atoms with E-state index in [1.165, 1.54) is 6.07 Å². The maximum absolute atomic E-state index is 10.9. The number of aromatic carboxylic acids is 1. The zero-order valence-electron chi connectivity index (χ0n) is 9.51. The fraction of sp³-hybridized carbons (Fsp3) is 0.0833. The zero-order chi connectivity index (χ0) is 13.1. The van der Waals surface area contributed by atoms with Crippen LogP contribution in [0.3, 0.4) is 0 Å². The van der Waals surface area contributed by atoms with E-state index >= 15 is 0 Å². The Kier molecular flexibility index (Phi) is 3.43. The molecule has 0 fully saturated rings. The third kappa shape index (κ3) is 2.57. The average molecular weight is 264 g/mol. The zero-order valence-corrected chi connectivity index (χ0v) is 10.3. The first-order valence-electron chi connectivity index (χ1n) is 5.15. The standard InChI is InChI=1S/C12H10ClN3O2/c1-7-4-5-14-6-9(7)15-10-3-2-8(13)11(16-10)12(17)18/h2-6H,1H3,(H,15,16)(H,17,18). The molecule has 92 valence electrons. The van der Waals surface area contributed by atoms with Gasteiger partial charge in [0.2, 0.25) is 0 Å². The lowest BCUT2D eigenvalue weighted by molar-refractivity contribution is 0.0691. The first kappa shape index (κ1) is 12.3. The monoisotopic (exact) mass is 263 g/mol. The lowest BCUT2D eigenvalue weighted by atomic mass is 10.2. The maximum Gasteiger partial charge on any atom is 0.356 e. The van der Waals surface area contributed by atoms with E-state index in [4.69, 9.17) is 16.7 Å². The average Bonchev–Trinajstić information content (AvgIpc) is 2.34. The summed E-state index contributed by atoms with van der Waals surface area (Å²) in [5.74, 6) is -0.751. The molecule has 0 aliphatic rings. The van der Waals surface area contributed by atoms with Crippen LogP contribution in [-0.2, 0) is 0 Å². The van der Waals surface area contributed by atoms with Gasteiger partial charge in [-0.3, -0.25) is 4.98 Å². The van der Waals surface area contributed by atoms with E-state index in [-0.39, 0.29) is 10.7 Å². The summed E-state index contributed by atoms with van der Waals surface area (Å²) in [7, 11) is 0. The van der Waals surface area contributed by atoms with Crippen LogP contribution in [-0.4, -0.2) is 21.0 Å². The molecule has 2 N–H and O–H groups in total. The molecule has 2 aromatic rings. The van der Waals surface area contributed by atoms with E-state index in [0.29, 0.717) is 5.82 Å². The van der Waals surface area contributed by atoms with Crippen LogP contribution in [0.25, 0.3) is 0 Å². The molecule has 0 aromatic carbocycles. The summed E-state index contributed by atoms with van der Waals surface area (Å²) >= 11 is 5.74. The van der Waals surface area contributed by atoms with Gasteiger partial charge in [0.1, 0.15) is 5.82 Å². The molecule has 2 rings (SSSR count). The Morgan fingerprint density at radius 2 is 2.17 bits per heavy atom. The summed E-state index contributed by atoms with van der Waals surface area (Å²) in [6.45, 7) is 1.91. The largest absolute Gasteiger partial charge is 0.476 e. The fourth-order valence-corrected chi connectivity index (χ4v) is 1.58. The maximum atomic E-state index is 10.9. The van der Waals surface area contributed by atoms with Crippen molar-refractivity contribution in [2.24, 2.45) is 0 Å². The molecule has 6 heteroatoms. The number of nitrogens with one attached hydrogen (secondary N) is 1. The summed E-state index contributed by atoms with van der Waals surface area (Å²) in [5, 5.41) is 12.0. The Balaban J connectivity index is 2.33. The van der Waals surface area contributed by atoms with Crippen molar-refractivity contribution >= 4 is 29.1 Å². The number of aryl methyl sites for hydroxylation is 1. The molecule has 2 aromatic heterocycles. The minimum absolute atomic E-state index is 0.107. The number of aromatic nitrogens is 2. The van der Waals surface area contributed by atoms with Crippen LogP contribution < -0.4 is 5.32 Å². The van der Waals surface area contributed by atoms with E-state index in [0.717, 1.165) is 11.3 Å². The van der Waals surface area contributed by atoms with Crippen LogP contribution in [0.15, 0.2) is 30.6 Å². The third-order valence-electron chi connectivity index (χ3n) is 2.35. The molecule has 5 nitrogen and oxygen atoms in total. The van der Waals surface area contributed by atoms with Gasteiger partial charge in [-0.25, -0.2) is 9.78 Å². The van der Waals surface area contributed by atoms with E-state index < -0.39 is 5.97 Å². The van der Waals surface area contributed by atoms with Crippen LogP contribution in [0.5, 0.6) is 0 Å². The number of carboxylic acid groups (broad SMARTS) is 1. The second kappa shape index (κ2) is 5.01. The van der Waals surface area contributed by atoms with Gasteiger partial charge in [0.25, 0.3) is 0 Å². The number of hydrogen-bond donors (Lipinski definition) is 2. The Hall–Kier alpha value is -2.14. The van der Waals surface area contributed by atoms with Crippen molar-refractivity contribution in [1.29, 1.82) is 0 Å². The molecule has 0 radical (unpaired) electrons. The smallest absolute Gasteiger partial charge is 0.356 e. The number of pyridine rings is 2. The first-order chi connectivity index (χ1) is 8.58. The van der Waals surface area contributed by atoms with Gasteiger partial charge in [-0.05, 0) is 30.7 Å². The highest BCUT2D eigenvalue weighted by molar-refractivity contribution is 6.33. The van der Waals surface area contributed by atoms with Gasteiger partial charge in [0.15, 0.2) is 5.69 Å². The Labute approximate surface area is 108 Å². The minimum Gasteiger partial charge on any atom is -0.476 e.